The number of fused-ring (bicyclic) bond motifs is 1. The average molecular weight is 313 g/mol. The van der Waals surface area contributed by atoms with Crippen molar-refractivity contribution in [2.24, 2.45) is 0 Å². The maximum absolute atomic E-state index is 12.0. The Morgan fingerprint density at radius 3 is 2.83 bits per heavy atom. The zero-order chi connectivity index (χ0) is 16.2. The molecule has 2 aromatic rings. The highest BCUT2D eigenvalue weighted by atomic mass is 16.5. The summed E-state index contributed by atoms with van der Waals surface area (Å²) in [5, 5.41) is 0. The molecule has 0 unspecified atom stereocenters. The van der Waals surface area contributed by atoms with Gasteiger partial charge in [-0.05, 0) is 17.7 Å². The molecule has 7 nitrogen and oxygen atoms in total. The van der Waals surface area contributed by atoms with Crippen LogP contribution in [0.2, 0.25) is 0 Å². The van der Waals surface area contributed by atoms with Crippen LogP contribution in [0.25, 0.3) is 0 Å². The van der Waals surface area contributed by atoms with E-state index in [1.165, 1.54) is 4.90 Å². The molecule has 1 aromatic heterocycles. The van der Waals surface area contributed by atoms with E-state index >= 15 is 0 Å². The zero-order valence-electron chi connectivity index (χ0n) is 12.3. The van der Waals surface area contributed by atoms with E-state index in [2.05, 4.69) is 4.98 Å². The highest BCUT2D eigenvalue weighted by Crippen LogP contribution is 2.30. The number of nitrogens with zero attached hydrogens (tertiary/aromatic N) is 2. The molecule has 0 fully saturated rings. The number of anilines is 2. The summed E-state index contributed by atoms with van der Waals surface area (Å²) in [7, 11) is 0. The smallest absolute Gasteiger partial charge is 0.326 e. The van der Waals surface area contributed by atoms with Crippen LogP contribution in [0.3, 0.4) is 0 Å². The summed E-state index contributed by atoms with van der Waals surface area (Å²) in [6.07, 6.45) is 0. The van der Waals surface area contributed by atoms with E-state index in [0.29, 0.717) is 5.75 Å². The molecule has 0 spiro atoms. The van der Waals surface area contributed by atoms with Crippen LogP contribution in [0.4, 0.5) is 11.6 Å². The SMILES string of the molecule is Nc1ccc2c(n1)N(CC(=O)OCc1ccccc1)C(=O)CO2. The van der Waals surface area contributed by atoms with Gasteiger partial charge < -0.3 is 15.2 Å². The molecule has 23 heavy (non-hydrogen) atoms. The highest BCUT2D eigenvalue weighted by Gasteiger charge is 2.29. The van der Waals surface area contributed by atoms with Crippen molar-refractivity contribution >= 4 is 23.5 Å². The largest absolute Gasteiger partial charge is 0.480 e. The van der Waals surface area contributed by atoms with Gasteiger partial charge in [0.1, 0.15) is 19.0 Å². The lowest BCUT2D eigenvalue weighted by molar-refractivity contribution is -0.144. The number of nitrogens with two attached hydrogens (primary N) is 1. The first kappa shape index (κ1) is 14.8. The van der Waals surface area contributed by atoms with E-state index in [9.17, 15) is 9.59 Å². The molecule has 2 heterocycles. The van der Waals surface area contributed by atoms with Gasteiger partial charge in [-0.1, -0.05) is 30.3 Å². The van der Waals surface area contributed by atoms with E-state index in [1.807, 2.05) is 30.3 Å². The number of nitrogen functional groups attached to an aromatic ring is 1. The Morgan fingerprint density at radius 1 is 1.26 bits per heavy atom. The molecule has 3 rings (SSSR count). The fourth-order valence-corrected chi connectivity index (χ4v) is 2.17. The van der Waals surface area contributed by atoms with Crippen molar-refractivity contribution in [3.63, 3.8) is 0 Å². The Labute approximate surface area is 132 Å². The second-order valence-electron chi connectivity index (χ2n) is 4.97. The summed E-state index contributed by atoms with van der Waals surface area (Å²) in [5.41, 5.74) is 6.51. The summed E-state index contributed by atoms with van der Waals surface area (Å²) < 4.78 is 10.5. The van der Waals surface area contributed by atoms with Crippen LogP contribution in [0.1, 0.15) is 5.56 Å². The van der Waals surface area contributed by atoms with Gasteiger partial charge in [-0.2, -0.15) is 0 Å². The van der Waals surface area contributed by atoms with Gasteiger partial charge in [-0.3, -0.25) is 14.5 Å². The molecule has 0 aliphatic carbocycles. The number of rotatable bonds is 4. The van der Waals surface area contributed by atoms with E-state index in [1.54, 1.807) is 12.1 Å². The molecule has 0 saturated heterocycles. The Bertz CT molecular complexity index is 733. The van der Waals surface area contributed by atoms with Gasteiger partial charge in [-0.15, -0.1) is 0 Å². The van der Waals surface area contributed by atoms with Gasteiger partial charge in [0.05, 0.1) is 0 Å². The predicted octanol–water partition coefficient (Wildman–Crippen LogP) is 1.13. The molecule has 1 aliphatic heterocycles. The third kappa shape index (κ3) is 3.39. The monoisotopic (exact) mass is 313 g/mol. The average Bonchev–Trinajstić information content (AvgIpc) is 2.57. The number of ether oxygens (including phenoxy) is 2. The molecule has 0 saturated carbocycles. The van der Waals surface area contributed by atoms with E-state index in [4.69, 9.17) is 15.2 Å². The maximum Gasteiger partial charge on any atom is 0.326 e. The van der Waals surface area contributed by atoms with Gasteiger partial charge in [-0.25, -0.2) is 4.98 Å². The Balaban J connectivity index is 1.68. The third-order valence-corrected chi connectivity index (χ3v) is 3.30. The van der Waals surface area contributed by atoms with Crippen LogP contribution in [0.5, 0.6) is 5.75 Å². The molecule has 0 atom stereocenters. The predicted molar refractivity (Wildman–Crippen MR) is 82.7 cm³/mol. The second kappa shape index (κ2) is 6.35. The molecule has 1 aliphatic rings. The van der Waals surface area contributed by atoms with Crippen LogP contribution in [0.15, 0.2) is 42.5 Å². The standard InChI is InChI=1S/C16H15N3O4/c17-13-7-6-12-16(18-13)19(14(20)10-22-12)8-15(21)23-9-11-4-2-1-3-5-11/h1-7H,8-10H2,(H2,17,18). The van der Waals surface area contributed by atoms with Gasteiger partial charge in [0.2, 0.25) is 0 Å². The normalized spacial score (nSPS) is 13.2. The molecular formula is C16H15N3O4. The first-order valence-electron chi connectivity index (χ1n) is 7.03. The van der Waals surface area contributed by atoms with Crippen LogP contribution in [0, 0.1) is 0 Å². The van der Waals surface area contributed by atoms with Crippen molar-refractivity contribution in [3.8, 4) is 5.75 Å². The molecule has 1 aromatic carbocycles. The summed E-state index contributed by atoms with van der Waals surface area (Å²) in [5.74, 6) is -0.0104. The first-order chi connectivity index (χ1) is 11.1. The topological polar surface area (TPSA) is 94.8 Å². The summed E-state index contributed by atoms with van der Waals surface area (Å²) in [6.45, 7) is -0.238. The first-order valence-corrected chi connectivity index (χ1v) is 7.03. The minimum absolute atomic E-state index is 0.148. The van der Waals surface area contributed by atoms with Gasteiger partial charge in [0.25, 0.3) is 5.91 Å². The van der Waals surface area contributed by atoms with Crippen LogP contribution >= 0.6 is 0 Å². The number of esters is 1. The van der Waals surface area contributed by atoms with Crippen LogP contribution in [-0.4, -0.2) is 30.0 Å². The molecule has 1 amide bonds. The van der Waals surface area contributed by atoms with Gasteiger partial charge in [0, 0.05) is 0 Å². The summed E-state index contributed by atoms with van der Waals surface area (Å²) in [6, 6.07) is 12.5. The lowest BCUT2D eigenvalue weighted by Crippen LogP contribution is -2.43. The molecule has 7 heteroatoms. The van der Waals surface area contributed by atoms with E-state index < -0.39 is 5.97 Å². The van der Waals surface area contributed by atoms with E-state index in [-0.39, 0.29) is 37.3 Å². The zero-order valence-corrected chi connectivity index (χ0v) is 12.3. The molecule has 2 N–H and O–H groups in total. The van der Waals surface area contributed by atoms with Crippen molar-refractivity contribution in [1.29, 1.82) is 0 Å². The highest BCUT2D eigenvalue weighted by molar-refractivity contribution is 6.00. The Hall–Kier alpha value is -3.09. The van der Waals surface area contributed by atoms with Gasteiger partial charge >= 0.3 is 5.97 Å². The Kier molecular flexibility index (Phi) is 4.09. The molecule has 118 valence electrons. The van der Waals surface area contributed by atoms with Crippen molar-refractivity contribution in [3.05, 3.63) is 48.0 Å². The summed E-state index contributed by atoms with van der Waals surface area (Å²) in [4.78, 5) is 29.3. The number of pyridine rings is 1. The van der Waals surface area contributed by atoms with Crippen molar-refractivity contribution < 1.29 is 19.1 Å². The second-order valence-corrected chi connectivity index (χ2v) is 4.97. The quantitative estimate of drug-likeness (QED) is 0.850. The Morgan fingerprint density at radius 2 is 2.04 bits per heavy atom. The van der Waals surface area contributed by atoms with E-state index in [0.717, 1.165) is 5.56 Å². The lowest BCUT2D eigenvalue weighted by atomic mass is 10.2. The number of carbonyl (C=O) groups is 2. The van der Waals surface area contributed by atoms with Crippen LogP contribution < -0.4 is 15.4 Å². The third-order valence-electron chi connectivity index (χ3n) is 3.30. The fraction of sp³-hybridized carbons (Fsp3) is 0.188. The number of carbonyl (C=O) groups excluding carboxylic acids is 2. The van der Waals surface area contributed by atoms with Crippen molar-refractivity contribution in [2.75, 3.05) is 23.8 Å². The molecular weight excluding hydrogens is 298 g/mol. The minimum atomic E-state index is -0.528. The molecule has 0 radical (unpaired) electrons. The van der Waals surface area contributed by atoms with Crippen molar-refractivity contribution in [2.45, 2.75) is 6.61 Å². The lowest BCUT2D eigenvalue weighted by Gasteiger charge is -2.27. The van der Waals surface area contributed by atoms with Gasteiger partial charge in [0.15, 0.2) is 18.2 Å². The number of amides is 1. The number of hydrogen-bond donors (Lipinski definition) is 1. The minimum Gasteiger partial charge on any atom is -0.480 e. The summed E-state index contributed by atoms with van der Waals surface area (Å²) >= 11 is 0. The van der Waals surface area contributed by atoms with Crippen molar-refractivity contribution in [1.82, 2.24) is 4.98 Å². The van der Waals surface area contributed by atoms with Crippen LogP contribution in [-0.2, 0) is 20.9 Å². The fourth-order valence-electron chi connectivity index (χ4n) is 2.17. The maximum atomic E-state index is 12.0. The number of hydrogen-bond acceptors (Lipinski definition) is 6. The number of benzene rings is 1. The molecule has 0 bridgehead atoms. The number of aromatic nitrogens is 1.